The van der Waals surface area contributed by atoms with E-state index in [9.17, 15) is 31.1 Å². The van der Waals surface area contributed by atoms with Gasteiger partial charge < -0.3 is 25.2 Å². The average molecular weight is 489 g/mol. The molecular formula is C18H21F6N3O6. The Hall–Kier alpha value is -2.94. The van der Waals surface area contributed by atoms with Crippen LogP contribution in [-0.2, 0) is 25.7 Å². The number of rotatable bonds is 2. The van der Waals surface area contributed by atoms with Gasteiger partial charge in [-0.2, -0.15) is 26.3 Å². The first kappa shape index (κ1) is 28.1. The van der Waals surface area contributed by atoms with E-state index >= 15 is 0 Å². The smallest absolute Gasteiger partial charge is 0.475 e. The van der Waals surface area contributed by atoms with Crippen LogP contribution in [0.25, 0.3) is 0 Å². The van der Waals surface area contributed by atoms with Crippen LogP contribution in [0.2, 0.25) is 0 Å². The molecule has 1 amide bonds. The molecule has 2 aliphatic rings. The van der Waals surface area contributed by atoms with Crippen molar-refractivity contribution in [3.8, 4) is 0 Å². The number of carbonyl (C=O) groups is 3. The zero-order valence-corrected chi connectivity index (χ0v) is 16.9. The van der Waals surface area contributed by atoms with E-state index in [0.29, 0.717) is 19.7 Å². The highest BCUT2D eigenvalue weighted by Crippen LogP contribution is 2.22. The minimum Gasteiger partial charge on any atom is -0.475 e. The van der Waals surface area contributed by atoms with E-state index in [1.165, 1.54) is 0 Å². The van der Waals surface area contributed by atoms with Crippen molar-refractivity contribution in [1.29, 1.82) is 0 Å². The molecule has 2 atom stereocenters. The number of hydrogen-bond acceptors (Lipinski definition) is 6. The van der Waals surface area contributed by atoms with Gasteiger partial charge in [0.15, 0.2) is 0 Å². The Balaban J connectivity index is 0.000000324. The molecule has 2 aliphatic heterocycles. The summed E-state index contributed by atoms with van der Waals surface area (Å²) in [7, 11) is 0. The van der Waals surface area contributed by atoms with Gasteiger partial charge in [0.25, 0.3) is 0 Å². The highest BCUT2D eigenvalue weighted by atomic mass is 19.4. The Bertz CT molecular complexity index is 766. The fourth-order valence-electron chi connectivity index (χ4n) is 2.81. The number of ether oxygens (including phenoxy) is 1. The molecular weight excluding hydrogens is 468 g/mol. The van der Waals surface area contributed by atoms with Crippen molar-refractivity contribution in [2.45, 2.75) is 31.4 Å². The topological polar surface area (TPSA) is 129 Å². The number of carboxylic acid groups (broad SMARTS) is 2. The maximum Gasteiger partial charge on any atom is 0.490 e. The molecule has 2 saturated heterocycles. The Morgan fingerprint density at radius 1 is 1.09 bits per heavy atom. The largest absolute Gasteiger partial charge is 0.490 e. The number of nitrogens with zero attached hydrogens (tertiary/aromatic N) is 2. The summed E-state index contributed by atoms with van der Waals surface area (Å²) in [5.41, 5.74) is 1.12. The predicted molar refractivity (Wildman–Crippen MR) is 97.8 cm³/mol. The lowest BCUT2D eigenvalue weighted by atomic mass is 9.93. The number of fused-ring (bicyclic) bond motifs is 1. The zero-order valence-electron chi connectivity index (χ0n) is 16.9. The third kappa shape index (κ3) is 10.0. The number of halogens is 6. The molecule has 0 unspecified atom stereocenters. The first-order valence-corrected chi connectivity index (χ1v) is 9.33. The molecule has 0 radical (unpaired) electrons. The van der Waals surface area contributed by atoms with Crippen LogP contribution in [0.3, 0.4) is 0 Å². The number of piperidine rings is 1. The van der Waals surface area contributed by atoms with Crippen molar-refractivity contribution in [3.63, 3.8) is 0 Å². The molecule has 3 heterocycles. The monoisotopic (exact) mass is 489 g/mol. The number of nitrogens with one attached hydrogen (secondary N) is 1. The van der Waals surface area contributed by atoms with Crippen molar-refractivity contribution in [2.24, 2.45) is 5.92 Å². The van der Waals surface area contributed by atoms with E-state index in [1.54, 1.807) is 12.4 Å². The van der Waals surface area contributed by atoms with Crippen molar-refractivity contribution in [3.05, 3.63) is 30.1 Å². The minimum atomic E-state index is -5.08. The number of aliphatic carboxylic acids is 2. The first-order chi connectivity index (χ1) is 15.2. The van der Waals surface area contributed by atoms with Gasteiger partial charge in [-0.3, -0.25) is 9.78 Å². The van der Waals surface area contributed by atoms with Crippen LogP contribution < -0.4 is 5.32 Å². The molecule has 9 nitrogen and oxygen atoms in total. The summed E-state index contributed by atoms with van der Waals surface area (Å²) in [5, 5.41) is 17.5. The fraction of sp³-hybridized carbons (Fsp3) is 0.556. The lowest BCUT2D eigenvalue weighted by Crippen LogP contribution is -2.47. The van der Waals surface area contributed by atoms with Crippen molar-refractivity contribution >= 4 is 17.8 Å². The van der Waals surface area contributed by atoms with Gasteiger partial charge in [-0.15, -0.1) is 0 Å². The van der Waals surface area contributed by atoms with Gasteiger partial charge in [-0.1, -0.05) is 0 Å². The van der Waals surface area contributed by atoms with Crippen molar-refractivity contribution in [2.75, 3.05) is 26.2 Å². The molecule has 0 aliphatic carbocycles. The van der Waals surface area contributed by atoms with Crippen LogP contribution >= 0.6 is 0 Å². The van der Waals surface area contributed by atoms with Gasteiger partial charge in [-0.25, -0.2) is 9.59 Å². The first-order valence-electron chi connectivity index (χ1n) is 9.33. The number of amides is 1. The summed E-state index contributed by atoms with van der Waals surface area (Å²) < 4.78 is 69.3. The molecule has 2 fully saturated rings. The number of pyridine rings is 1. The van der Waals surface area contributed by atoms with Crippen LogP contribution in [0, 0.1) is 5.92 Å². The summed E-state index contributed by atoms with van der Waals surface area (Å²) >= 11 is 0. The highest BCUT2D eigenvalue weighted by Gasteiger charge is 2.39. The van der Waals surface area contributed by atoms with Gasteiger partial charge in [0.2, 0.25) is 5.91 Å². The number of carboxylic acids is 2. The predicted octanol–water partition coefficient (Wildman–Crippen LogP) is 1.69. The standard InChI is InChI=1S/C14H19N3O2.2C2HF3O2/c18-14-12-3-6-16-9-13(12)19-8-7-17(14)10-11-1-4-15-5-2-11;2*3-2(4,5)1(6)7/h1-2,4-5,12-13,16H,3,6-10H2;2*(H,6,7)/t12-,13+;;/m1../s1. The molecule has 33 heavy (non-hydrogen) atoms. The number of carbonyl (C=O) groups excluding carboxylic acids is 1. The summed E-state index contributed by atoms with van der Waals surface area (Å²) in [5.74, 6) is -5.26. The third-order valence-corrected chi connectivity index (χ3v) is 4.36. The van der Waals surface area contributed by atoms with Crippen molar-refractivity contribution in [1.82, 2.24) is 15.2 Å². The molecule has 3 rings (SSSR count). The van der Waals surface area contributed by atoms with Crippen LogP contribution in [0.4, 0.5) is 26.3 Å². The Morgan fingerprint density at radius 2 is 1.61 bits per heavy atom. The molecule has 186 valence electrons. The van der Waals surface area contributed by atoms with E-state index in [0.717, 1.165) is 25.1 Å². The second-order valence-electron chi connectivity index (χ2n) is 6.73. The van der Waals surface area contributed by atoms with Crippen LogP contribution in [0.15, 0.2) is 24.5 Å². The SMILES string of the molecule is O=C(O)C(F)(F)F.O=C(O)C(F)(F)F.O=C1[C@@H]2CCNC[C@@H]2OCCN1Cc1ccncc1. The molecule has 0 aromatic carbocycles. The summed E-state index contributed by atoms with van der Waals surface area (Å²) in [6.07, 6.45) is -5.72. The summed E-state index contributed by atoms with van der Waals surface area (Å²) in [6, 6.07) is 3.91. The van der Waals surface area contributed by atoms with E-state index in [1.807, 2.05) is 17.0 Å². The van der Waals surface area contributed by atoms with Crippen LogP contribution in [0.5, 0.6) is 0 Å². The van der Waals surface area contributed by atoms with Crippen LogP contribution in [-0.4, -0.2) is 82.6 Å². The normalized spacial score (nSPS) is 20.8. The summed E-state index contributed by atoms with van der Waals surface area (Å²) in [6.45, 7) is 3.65. The molecule has 0 saturated carbocycles. The second-order valence-corrected chi connectivity index (χ2v) is 6.73. The number of aromatic nitrogens is 1. The third-order valence-electron chi connectivity index (χ3n) is 4.36. The lowest BCUT2D eigenvalue weighted by Gasteiger charge is -2.30. The maximum atomic E-state index is 12.6. The molecule has 15 heteroatoms. The Kier molecular flexibility index (Phi) is 10.5. The number of hydrogen-bond donors (Lipinski definition) is 3. The van der Waals surface area contributed by atoms with E-state index < -0.39 is 24.3 Å². The Labute approximate surface area is 183 Å². The molecule has 0 spiro atoms. The van der Waals surface area contributed by atoms with E-state index in [4.69, 9.17) is 24.5 Å². The van der Waals surface area contributed by atoms with Gasteiger partial charge in [-0.05, 0) is 30.7 Å². The maximum absolute atomic E-state index is 12.6. The van der Waals surface area contributed by atoms with Gasteiger partial charge in [0, 0.05) is 32.0 Å². The molecule has 3 N–H and O–H groups in total. The van der Waals surface area contributed by atoms with Gasteiger partial charge in [0.1, 0.15) is 0 Å². The van der Waals surface area contributed by atoms with Gasteiger partial charge in [0.05, 0.1) is 18.6 Å². The van der Waals surface area contributed by atoms with E-state index in [2.05, 4.69) is 10.3 Å². The summed E-state index contributed by atoms with van der Waals surface area (Å²) in [4.78, 5) is 36.3. The fourth-order valence-corrected chi connectivity index (χ4v) is 2.81. The molecule has 0 bridgehead atoms. The second kappa shape index (κ2) is 12.3. The van der Waals surface area contributed by atoms with E-state index in [-0.39, 0.29) is 17.9 Å². The highest BCUT2D eigenvalue weighted by molar-refractivity contribution is 5.80. The molecule has 1 aromatic rings. The van der Waals surface area contributed by atoms with Crippen molar-refractivity contribution < 1.29 is 55.7 Å². The van der Waals surface area contributed by atoms with Crippen LogP contribution in [0.1, 0.15) is 12.0 Å². The zero-order chi connectivity index (χ0) is 25.2. The minimum absolute atomic E-state index is 0.0191. The number of alkyl halides is 6. The lowest BCUT2D eigenvalue weighted by molar-refractivity contribution is -0.193. The van der Waals surface area contributed by atoms with Gasteiger partial charge >= 0.3 is 24.3 Å². The average Bonchev–Trinajstić information content (AvgIpc) is 2.88. The molecule has 1 aromatic heterocycles. The Morgan fingerprint density at radius 3 is 2.09 bits per heavy atom. The quantitative estimate of drug-likeness (QED) is 0.536.